The van der Waals surface area contributed by atoms with Gasteiger partial charge < -0.3 is 10.5 Å². The number of hydrogen-bond acceptors (Lipinski definition) is 2. The fourth-order valence-electron chi connectivity index (χ4n) is 0.975. The second kappa shape index (κ2) is 5.69. The molecule has 2 unspecified atom stereocenters. The molecule has 2 N–H and O–H groups in total. The molecule has 0 aromatic heterocycles. The quantitative estimate of drug-likeness (QED) is 0.634. The van der Waals surface area contributed by atoms with Gasteiger partial charge in [0.2, 0.25) is 0 Å². The summed E-state index contributed by atoms with van der Waals surface area (Å²) in [6.07, 6.45) is 2.57. The monoisotopic (exact) mass is 145 g/mol. The zero-order chi connectivity index (χ0) is 7.98. The molecule has 2 heteroatoms. The average Bonchev–Trinajstić information content (AvgIpc) is 1.99. The van der Waals surface area contributed by atoms with Crippen LogP contribution < -0.4 is 5.73 Å². The lowest BCUT2D eigenvalue weighted by atomic mass is 10.0. The summed E-state index contributed by atoms with van der Waals surface area (Å²) in [6.45, 7) is 5.05. The minimum Gasteiger partial charge on any atom is -0.381 e. The van der Waals surface area contributed by atoms with Crippen LogP contribution in [0.1, 0.15) is 26.7 Å². The van der Waals surface area contributed by atoms with Gasteiger partial charge in [0.05, 0.1) is 6.10 Å². The third-order valence-electron chi connectivity index (χ3n) is 1.86. The Labute approximate surface area is 63.7 Å². The zero-order valence-corrected chi connectivity index (χ0v) is 7.26. The van der Waals surface area contributed by atoms with Crippen molar-refractivity contribution in [1.29, 1.82) is 0 Å². The molecule has 0 amide bonds. The van der Waals surface area contributed by atoms with Gasteiger partial charge in [-0.3, -0.25) is 0 Å². The normalized spacial score (nSPS) is 16.8. The number of rotatable bonds is 5. The summed E-state index contributed by atoms with van der Waals surface area (Å²) >= 11 is 0. The summed E-state index contributed by atoms with van der Waals surface area (Å²) in [6, 6.07) is 0. The first kappa shape index (κ1) is 9.92. The van der Waals surface area contributed by atoms with Gasteiger partial charge in [-0.15, -0.1) is 0 Å². The summed E-state index contributed by atoms with van der Waals surface area (Å²) in [7, 11) is 1.76. The summed E-state index contributed by atoms with van der Waals surface area (Å²) in [4.78, 5) is 0. The van der Waals surface area contributed by atoms with Crippen LogP contribution in [0.4, 0.5) is 0 Å². The highest BCUT2D eigenvalue weighted by molar-refractivity contribution is 4.61. The van der Waals surface area contributed by atoms with Crippen molar-refractivity contribution >= 4 is 0 Å². The SMILES string of the molecule is CCC(CC(C)CN)OC. The lowest BCUT2D eigenvalue weighted by Crippen LogP contribution is -2.19. The Morgan fingerprint density at radius 2 is 2.10 bits per heavy atom. The van der Waals surface area contributed by atoms with Crippen molar-refractivity contribution in [2.45, 2.75) is 32.8 Å². The van der Waals surface area contributed by atoms with Crippen LogP contribution in [0.15, 0.2) is 0 Å². The van der Waals surface area contributed by atoms with Crippen molar-refractivity contribution in [3.05, 3.63) is 0 Å². The number of ether oxygens (including phenoxy) is 1. The topological polar surface area (TPSA) is 35.2 Å². The van der Waals surface area contributed by atoms with Gasteiger partial charge in [-0.2, -0.15) is 0 Å². The van der Waals surface area contributed by atoms with E-state index >= 15 is 0 Å². The minimum atomic E-state index is 0.401. The molecule has 0 saturated carbocycles. The molecule has 0 spiro atoms. The van der Waals surface area contributed by atoms with Gasteiger partial charge in [-0.05, 0) is 25.3 Å². The standard InChI is InChI=1S/C8H19NO/c1-4-8(10-3)5-7(2)6-9/h7-8H,4-6,9H2,1-3H3. The van der Waals surface area contributed by atoms with Crippen LogP contribution in [0.5, 0.6) is 0 Å². The summed E-state index contributed by atoms with van der Waals surface area (Å²) in [5, 5.41) is 0. The Morgan fingerprint density at radius 3 is 2.40 bits per heavy atom. The van der Waals surface area contributed by atoms with E-state index in [0.29, 0.717) is 12.0 Å². The molecule has 0 rings (SSSR count). The Balaban J connectivity index is 3.41. The van der Waals surface area contributed by atoms with E-state index in [0.717, 1.165) is 19.4 Å². The number of methoxy groups -OCH3 is 1. The molecule has 0 aromatic carbocycles. The molecule has 0 aromatic rings. The van der Waals surface area contributed by atoms with Gasteiger partial charge >= 0.3 is 0 Å². The molecule has 2 nitrogen and oxygen atoms in total. The maximum Gasteiger partial charge on any atom is 0.0571 e. The zero-order valence-electron chi connectivity index (χ0n) is 7.26. The van der Waals surface area contributed by atoms with Crippen molar-refractivity contribution in [2.75, 3.05) is 13.7 Å². The Kier molecular flexibility index (Phi) is 5.64. The minimum absolute atomic E-state index is 0.401. The van der Waals surface area contributed by atoms with Gasteiger partial charge in [-0.25, -0.2) is 0 Å². The van der Waals surface area contributed by atoms with Crippen molar-refractivity contribution < 1.29 is 4.74 Å². The lowest BCUT2D eigenvalue weighted by Gasteiger charge is -2.16. The van der Waals surface area contributed by atoms with E-state index in [-0.39, 0.29) is 0 Å². The predicted octanol–water partition coefficient (Wildman–Crippen LogP) is 1.40. The van der Waals surface area contributed by atoms with Crippen molar-refractivity contribution in [2.24, 2.45) is 11.7 Å². The first-order chi connectivity index (χ1) is 4.74. The third-order valence-corrected chi connectivity index (χ3v) is 1.86. The van der Waals surface area contributed by atoms with Crippen LogP contribution in [0.2, 0.25) is 0 Å². The molecule has 10 heavy (non-hydrogen) atoms. The fourth-order valence-corrected chi connectivity index (χ4v) is 0.975. The molecule has 0 aliphatic carbocycles. The largest absolute Gasteiger partial charge is 0.381 e. The second-order valence-electron chi connectivity index (χ2n) is 2.84. The summed E-state index contributed by atoms with van der Waals surface area (Å²) in [5.41, 5.74) is 5.47. The Morgan fingerprint density at radius 1 is 1.50 bits per heavy atom. The van der Waals surface area contributed by atoms with E-state index in [1.807, 2.05) is 0 Å². The number of hydrogen-bond donors (Lipinski definition) is 1. The van der Waals surface area contributed by atoms with Gasteiger partial charge in [-0.1, -0.05) is 13.8 Å². The van der Waals surface area contributed by atoms with E-state index in [9.17, 15) is 0 Å². The summed E-state index contributed by atoms with van der Waals surface area (Å²) < 4.78 is 5.22. The highest BCUT2D eigenvalue weighted by Gasteiger charge is 2.08. The maximum absolute atomic E-state index is 5.47. The molecule has 0 aliphatic heterocycles. The Bertz CT molecular complexity index is 71.7. The fraction of sp³-hybridized carbons (Fsp3) is 1.00. The number of nitrogens with two attached hydrogens (primary N) is 1. The molecule has 0 heterocycles. The van der Waals surface area contributed by atoms with Crippen LogP contribution in [-0.2, 0) is 4.74 Å². The molecule has 0 saturated heterocycles. The van der Waals surface area contributed by atoms with Crippen LogP contribution in [-0.4, -0.2) is 19.8 Å². The molecule has 0 fully saturated rings. The van der Waals surface area contributed by atoms with E-state index < -0.39 is 0 Å². The van der Waals surface area contributed by atoms with Crippen molar-refractivity contribution in [3.8, 4) is 0 Å². The average molecular weight is 145 g/mol. The van der Waals surface area contributed by atoms with Crippen molar-refractivity contribution in [3.63, 3.8) is 0 Å². The lowest BCUT2D eigenvalue weighted by molar-refractivity contribution is 0.0803. The Hall–Kier alpha value is -0.0800. The highest BCUT2D eigenvalue weighted by atomic mass is 16.5. The van der Waals surface area contributed by atoms with E-state index in [1.165, 1.54) is 0 Å². The van der Waals surface area contributed by atoms with Crippen LogP contribution in [0.25, 0.3) is 0 Å². The smallest absolute Gasteiger partial charge is 0.0571 e. The molecule has 62 valence electrons. The van der Waals surface area contributed by atoms with E-state index in [4.69, 9.17) is 10.5 Å². The first-order valence-electron chi connectivity index (χ1n) is 3.97. The van der Waals surface area contributed by atoms with Gasteiger partial charge in [0.15, 0.2) is 0 Å². The van der Waals surface area contributed by atoms with E-state index in [2.05, 4.69) is 13.8 Å². The summed E-state index contributed by atoms with van der Waals surface area (Å²) in [5.74, 6) is 0.588. The molecular formula is C8H19NO. The predicted molar refractivity (Wildman–Crippen MR) is 43.9 cm³/mol. The van der Waals surface area contributed by atoms with Crippen LogP contribution in [0.3, 0.4) is 0 Å². The highest BCUT2D eigenvalue weighted by Crippen LogP contribution is 2.09. The molecule has 0 aliphatic rings. The van der Waals surface area contributed by atoms with Crippen LogP contribution in [0, 0.1) is 5.92 Å². The van der Waals surface area contributed by atoms with Crippen molar-refractivity contribution in [1.82, 2.24) is 0 Å². The first-order valence-corrected chi connectivity index (χ1v) is 3.97. The van der Waals surface area contributed by atoms with Gasteiger partial charge in [0, 0.05) is 7.11 Å². The molecule has 2 atom stereocenters. The molecule has 0 bridgehead atoms. The maximum atomic E-state index is 5.47. The second-order valence-corrected chi connectivity index (χ2v) is 2.84. The molecular weight excluding hydrogens is 126 g/mol. The molecule has 0 radical (unpaired) electrons. The third kappa shape index (κ3) is 3.85. The van der Waals surface area contributed by atoms with Gasteiger partial charge in [0.1, 0.15) is 0 Å². The van der Waals surface area contributed by atoms with Crippen LogP contribution >= 0.6 is 0 Å². The van der Waals surface area contributed by atoms with Gasteiger partial charge in [0.25, 0.3) is 0 Å². The van der Waals surface area contributed by atoms with E-state index in [1.54, 1.807) is 7.11 Å².